The van der Waals surface area contributed by atoms with Gasteiger partial charge in [0.15, 0.2) is 6.17 Å². The minimum atomic E-state index is -0.995. The van der Waals surface area contributed by atoms with E-state index in [1.165, 1.54) is 16.9 Å². The van der Waals surface area contributed by atoms with Gasteiger partial charge < -0.3 is 26.0 Å². The molecule has 9 heteroatoms. The third-order valence-electron chi connectivity index (χ3n) is 5.69. The Morgan fingerprint density at radius 1 is 1.13 bits per heavy atom. The van der Waals surface area contributed by atoms with E-state index in [0.717, 1.165) is 25.7 Å². The lowest BCUT2D eigenvalue weighted by Crippen LogP contribution is -2.57. The van der Waals surface area contributed by atoms with E-state index in [0.29, 0.717) is 17.9 Å². The number of carbonyl (C=O) groups is 3. The smallest absolute Gasteiger partial charge is 0.319 e. The second kappa shape index (κ2) is 9.80. The zero-order valence-corrected chi connectivity index (χ0v) is 17.6. The van der Waals surface area contributed by atoms with Gasteiger partial charge in [0.2, 0.25) is 0 Å². The fourth-order valence-electron chi connectivity index (χ4n) is 4.05. The summed E-state index contributed by atoms with van der Waals surface area (Å²) in [5, 5.41) is 5.76. The predicted octanol–water partition coefficient (Wildman–Crippen LogP) is 0.895. The first-order valence-corrected chi connectivity index (χ1v) is 10.5. The quantitative estimate of drug-likeness (QED) is 0.658. The van der Waals surface area contributed by atoms with E-state index in [9.17, 15) is 14.4 Å². The number of amides is 4. The van der Waals surface area contributed by atoms with Crippen LogP contribution >= 0.6 is 0 Å². The largest absolute Gasteiger partial charge is 0.497 e. The number of rotatable bonds is 5. The molecular weight excluding hydrogens is 386 g/mol. The number of urea groups is 1. The topological polar surface area (TPSA) is 117 Å². The Balaban J connectivity index is 1.80. The normalized spacial score (nSPS) is 23.8. The molecule has 0 radical (unpaired) electrons. The molecule has 4 N–H and O–H groups in total. The summed E-state index contributed by atoms with van der Waals surface area (Å²) >= 11 is 0. The maximum atomic E-state index is 13.2. The second-order valence-corrected chi connectivity index (χ2v) is 7.75. The van der Waals surface area contributed by atoms with E-state index in [-0.39, 0.29) is 43.0 Å². The van der Waals surface area contributed by atoms with Crippen molar-refractivity contribution in [3.8, 4) is 5.75 Å². The van der Waals surface area contributed by atoms with Crippen LogP contribution in [0, 0.1) is 0 Å². The number of nitrogens with one attached hydrogen (secondary N) is 2. The average molecular weight is 418 g/mol. The number of nitrogens with zero attached hydrogens (tertiary/aromatic N) is 2. The van der Waals surface area contributed by atoms with Crippen molar-refractivity contribution in [3.63, 3.8) is 0 Å². The van der Waals surface area contributed by atoms with Crippen molar-refractivity contribution in [2.45, 2.75) is 50.9 Å². The molecule has 1 atom stereocenters. The van der Waals surface area contributed by atoms with Gasteiger partial charge in [-0.2, -0.15) is 0 Å². The molecule has 30 heavy (non-hydrogen) atoms. The number of carbonyl (C=O) groups excluding carboxylic acids is 3. The van der Waals surface area contributed by atoms with E-state index in [1.807, 2.05) is 6.92 Å². The number of benzene rings is 1. The maximum absolute atomic E-state index is 13.2. The summed E-state index contributed by atoms with van der Waals surface area (Å²) in [5.74, 6) is -0.0952. The summed E-state index contributed by atoms with van der Waals surface area (Å²) in [5.41, 5.74) is 6.37. The molecule has 0 spiro atoms. The van der Waals surface area contributed by atoms with E-state index in [2.05, 4.69) is 10.6 Å². The number of hydrogen-bond acceptors (Lipinski definition) is 5. The van der Waals surface area contributed by atoms with Gasteiger partial charge in [0, 0.05) is 37.3 Å². The molecule has 1 unspecified atom stereocenters. The van der Waals surface area contributed by atoms with Crippen molar-refractivity contribution in [1.29, 1.82) is 0 Å². The van der Waals surface area contributed by atoms with Crippen molar-refractivity contribution in [2.24, 2.45) is 5.73 Å². The summed E-state index contributed by atoms with van der Waals surface area (Å²) in [6, 6.07) is 6.60. The summed E-state index contributed by atoms with van der Waals surface area (Å²) in [6.07, 6.45) is 2.30. The highest BCUT2D eigenvalue weighted by Gasteiger charge is 2.43. The minimum absolute atomic E-state index is 0.00255. The van der Waals surface area contributed by atoms with Crippen LogP contribution in [-0.4, -0.2) is 72.6 Å². The van der Waals surface area contributed by atoms with Gasteiger partial charge in [-0.15, -0.1) is 0 Å². The number of ether oxygens (including phenoxy) is 1. The summed E-state index contributed by atoms with van der Waals surface area (Å²) in [4.78, 5) is 41.8. The molecular formula is C21H31N5O4. The first-order valence-electron chi connectivity index (χ1n) is 10.5. The molecule has 2 fully saturated rings. The number of hydrogen-bond donors (Lipinski definition) is 3. The van der Waals surface area contributed by atoms with Crippen LogP contribution in [0.4, 0.5) is 4.79 Å². The lowest BCUT2D eigenvalue weighted by atomic mass is 9.92. The van der Waals surface area contributed by atoms with Crippen LogP contribution in [0.5, 0.6) is 5.75 Å². The second-order valence-electron chi connectivity index (χ2n) is 7.75. The van der Waals surface area contributed by atoms with Gasteiger partial charge in [-0.25, -0.2) is 4.79 Å². The van der Waals surface area contributed by atoms with Crippen LogP contribution in [0.3, 0.4) is 0 Å². The minimum Gasteiger partial charge on any atom is -0.497 e. The Labute approximate surface area is 176 Å². The molecule has 9 nitrogen and oxygen atoms in total. The molecule has 4 amide bonds. The van der Waals surface area contributed by atoms with E-state index in [4.69, 9.17) is 10.5 Å². The Bertz CT molecular complexity index is 778. The van der Waals surface area contributed by atoms with Gasteiger partial charge in [0.1, 0.15) is 5.75 Å². The van der Waals surface area contributed by atoms with Gasteiger partial charge >= 0.3 is 6.03 Å². The Morgan fingerprint density at radius 3 is 2.50 bits per heavy atom. The van der Waals surface area contributed by atoms with E-state index < -0.39 is 6.17 Å². The molecule has 1 aromatic carbocycles. The summed E-state index contributed by atoms with van der Waals surface area (Å²) in [7, 11) is 1.53. The zero-order chi connectivity index (χ0) is 21.7. The van der Waals surface area contributed by atoms with Gasteiger partial charge in [0.05, 0.1) is 7.11 Å². The molecule has 1 saturated heterocycles. The molecule has 3 rings (SSSR count). The number of nitrogens with two attached hydrogens (primary N) is 1. The van der Waals surface area contributed by atoms with Crippen LogP contribution in [0.25, 0.3) is 0 Å². The molecule has 1 aliphatic carbocycles. The highest BCUT2D eigenvalue weighted by atomic mass is 16.5. The third-order valence-corrected chi connectivity index (χ3v) is 5.69. The average Bonchev–Trinajstić information content (AvgIpc) is 3.20. The van der Waals surface area contributed by atoms with Crippen molar-refractivity contribution in [2.75, 3.05) is 26.7 Å². The highest BCUT2D eigenvalue weighted by Crippen LogP contribution is 2.23. The fraction of sp³-hybridized carbons (Fsp3) is 0.571. The molecule has 1 saturated carbocycles. The van der Waals surface area contributed by atoms with Gasteiger partial charge in [0.25, 0.3) is 11.8 Å². The number of methoxy groups -OCH3 is 1. The van der Waals surface area contributed by atoms with Gasteiger partial charge in [-0.05, 0) is 50.8 Å². The highest BCUT2D eigenvalue weighted by molar-refractivity contribution is 5.99. The Morgan fingerprint density at radius 2 is 1.83 bits per heavy atom. The van der Waals surface area contributed by atoms with Crippen LogP contribution in [-0.2, 0) is 4.79 Å². The van der Waals surface area contributed by atoms with Crippen molar-refractivity contribution < 1.29 is 19.1 Å². The van der Waals surface area contributed by atoms with Gasteiger partial charge in [-0.1, -0.05) is 6.07 Å². The first-order chi connectivity index (χ1) is 14.4. The molecule has 164 valence electrons. The molecule has 1 aromatic rings. The predicted molar refractivity (Wildman–Crippen MR) is 112 cm³/mol. The Kier molecular flexibility index (Phi) is 7.15. The standard InChI is InChI=1S/C21H31N5O4/c1-3-23-21(29)26-12-11-25(20(28)14-5-4-6-17(13-14)30-2)19(26)18(27)24-16-9-7-15(22)8-10-16/h4-6,13,15-16,19H,3,7-12,22H2,1-2H3,(H,23,29)(H,24,27). The van der Waals surface area contributed by atoms with Crippen LogP contribution in [0.1, 0.15) is 43.0 Å². The third kappa shape index (κ3) is 4.84. The van der Waals surface area contributed by atoms with Crippen molar-refractivity contribution in [3.05, 3.63) is 29.8 Å². The molecule has 0 aromatic heterocycles. The van der Waals surface area contributed by atoms with Gasteiger partial charge in [-0.3, -0.25) is 14.5 Å². The summed E-state index contributed by atoms with van der Waals surface area (Å²) < 4.78 is 5.21. The monoisotopic (exact) mass is 417 g/mol. The fourth-order valence-corrected chi connectivity index (χ4v) is 4.05. The van der Waals surface area contributed by atoms with E-state index in [1.54, 1.807) is 24.3 Å². The Hall–Kier alpha value is -2.81. The summed E-state index contributed by atoms with van der Waals surface area (Å²) in [6.45, 7) is 2.82. The van der Waals surface area contributed by atoms with Crippen LogP contribution < -0.4 is 21.1 Å². The lowest BCUT2D eigenvalue weighted by Gasteiger charge is -2.32. The van der Waals surface area contributed by atoms with E-state index >= 15 is 0 Å². The van der Waals surface area contributed by atoms with Crippen LogP contribution in [0.15, 0.2) is 24.3 Å². The van der Waals surface area contributed by atoms with Crippen molar-refractivity contribution >= 4 is 17.8 Å². The molecule has 1 heterocycles. The lowest BCUT2D eigenvalue weighted by molar-refractivity contribution is -0.129. The van der Waals surface area contributed by atoms with Crippen LogP contribution in [0.2, 0.25) is 0 Å². The molecule has 2 aliphatic rings. The SMILES string of the molecule is CCNC(=O)N1CCN(C(=O)c2cccc(OC)c2)C1C(=O)NC1CCC(N)CC1. The van der Waals surface area contributed by atoms with Crippen molar-refractivity contribution in [1.82, 2.24) is 20.4 Å². The first kappa shape index (κ1) is 21.9. The molecule has 1 aliphatic heterocycles. The zero-order valence-electron chi connectivity index (χ0n) is 17.6. The molecule has 0 bridgehead atoms. The maximum Gasteiger partial charge on any atom is 0.319 e.